The fourth-order valence-corrected chi connectivity index (χ4v) is 1.33. The third kappa shape index (κ3) is 3.13. The molecule has 0 saturated heterocycles. The molecular formula is C8H6ClF3N2O4. The van der Waals surface area contributed by atoms with Crippen LogP contribution < -0.4 is 9.47 Å². The number of nitrogens with zero attached hydrogens (tertiary/aromatic N) is 2. The van der Waals surface area contributed by atoms with Gasteiger partial charge in [0.25, 0.3) is 5.75 Å². The predicted molar refractivity (Wildman–Crippen MR) is 53.7 cm³/mol. The molecule has 0 aliphatic heterocycles. The van der Waals surface area contributed by atoms with E-state index in [0.29, 0.717) is 0 Å². The number of rotatable bonds is 4. The van der Waals surface area contributed by atoms with Gasteiger partial charge in [0.05, 0.1) is 18.6 Å². The van der Waals surface area contributed by atoms with Gasteiger partial charge in [0.2, 0.25) is 0 Å². The summed E-state index contributed by atoms with van der Waals surface area (Å²) in [5.41, 5.74) is -0.170. The lowest BCUT2D eigenvalue weighted by Crippen LogP contribution is -2.19. The van der Waals surface area contributed by atoms with E-state index in [9.17, 15) is 23.3 Å². The Labute approximate surface area is 103 Å². The Hall–Kier alpha value is -1.77. The maximum atomic E-state index is 12.2. The minimum Gasteiger partial charge on any atom is -0.486 e. The van der Waals surface area contributed by atoms with Crippen molar-refractivity contribution < 1.29 is 27.6 Å². The molecule has 0 radical (unpaired) electrons. The number of hydrogen-bond acceptors (Lipinski definition) is 5. The topological polar surface area (TPSA) is 74.5 Å². The monoisotopic (exact) mass is 286 g/mol. The van der Waals surface area contributed by atoms with Crippen molar-refractivity contribution in [3.8, 4) is 11.5 Å². The molecule has 10 heteroatoms. The number of ether oxygens (including phenoxy) is 2. The molecule has 1 aromatic heterocycles. The molecular weight excluding hydrogens is 281 g/mol. The minimum absolute atomic E-state index is 0.170. The maximum Gasteiger partial charge on any atom is 0.573 e. The fraction of sp³-hybridized carbons (Fsp3) is 0.375. The van der Waals surface area contributed by atoms with Crippen LogP contribution in [0, 0.1) is 10.1 Å². The van der Waals surface area contributed by atoms with Crippen LogP contribution in [0.3, 0.4) is 0 Å². The van der Waals surface area contributed by atoms with Gasteiger partial charge in [-0.2, -0.15) is 0 Å². The van der Waals surface area contributed by atoms with E-state index in [2.05, 4.69) is 14.5 Å². The molecule has 0 spiro atoms. The lowest BCUT2D eigenvalue weighted by Gasteiger charge is -2.14. The highest BCUT2D eigenvalue weighted by molar-refractivity contribution is 6.17. The molecule has 18 heavy (non-hydrogen) atoms. The van der Waals surface area contributed by atoms with Gasteiger partial charge in [-0.25, -0.2) is 0 Å². The summed E-state index contributed by atoms with van der Waals surface area (Å²) in [6, 6.07) is 0. The van der Waals surface area contributed by atoms with E-state index in [1.807, 2.05) is 0 Å². The maximum absolute atomic E-state index is 12.2. The summed E-state index contributed by atoms with van der Waals surface area (Å²) in [6.45, 7) is 0. The highest BCUT2D eigenvalue weighted by Gasteiger charge is 2.36. The lowest BCUT2D eigenvalue weighted by molar-refractivity contribution is -0.390. The highest BCUT2D eigenvalue weighted by atomic mass is 35.5. The van der Waals surface area contributed by atoms with Gasteiger partial charge in [-0.05, 0) is 9.91 Å². The first kappa shape index (κ1) is 14.3. The van der Waals surface area contributed by atoms with Crippen LogP contribution in [-0.2, 0) is 5.88 Å². The number of methoxy groups -OCH3 is 1. The van der Waals surface area contributed by atoms with Crippen molar-refractivity contribution >= 4 is 17.4 Å². The zero-order valence-electron chi connectivity index (χ0n) is 8.82. The Morgan fingerprint density at radius 3 is 2.50 bits per heavy atom. The quantitative estimate of drug-likeness (QED) is 0.483. The summed E-state index contributed by atoms with van der Waals surface area (Å²) < 4.78 is 44.8. The first-order chi connectivity index (χ1) is 8.30. The number of hydrogen-bond donors (Lipinski definition) is 0. The molecule has 1 rings (SSSR count). The van der Waals surface area contributed by atoms with Crippen LogP contribution in [0.2, 0.25) is 0 Å². The molecule has 0 aliphatic carbocycles. The van der Waals surface area contributed by atoms with Crippen molar-refractivity contribution in [3.63, 3.8) is 0 Å². The zero-order chi connectivity index (χ0) is 13.9. The number of aromatic nitrogens is 1. The smallest absolute Gasteiger partial charge is 0.486 e. The highest BCUT2D eigenvalue weighted by Crippen LogP contribution is 2.41. The van der Waals surface area contributed by atoms with E-state index < -0.39 is 28.6 Å². The molecule has 6 nitrogen and oxygen atoms in total. The number of nitro groups is 1. The summed E-state index contributed by atoms with van der Waals surface area (Å²) in [5, 5.41) is 10.6. The van der Waals surface area contributed by atoms with Crippen molar-refractivity contribution in [2.75, 3.05) is 7.11 Å². The fourth-order valence-electron chi connectivity index (χ4n) is 1.14. The van der Waals surface area contributed by atoms with Gasteiger partial charge < -0.3 is 19.6 Å². The van der Waals surface area contributed by atoms with Crippen LogP contribution in [0.4, 0.5) is 19.0 Å². The Balaban J connectivity index is 3.41. The summed E-state index contributed by atoms with van der Waals surface area (Å²) >= 11 is 5.41. The van der Waals surface area contributed by atoms with Gasteiger partial charge in [-0.3, -0.25) is 0 Å². The van der Waals surface area contributed by atoms with Crippen LogP contribution in [0.5, 0.6) is 11.5 Å². The third-order valence-electron chi connectivity index (χ3n) is 1.78. The molecule has 1 aromatic rings. The molecule has 0 unspecified atom stereocenters. The average molecular weight is 287 g/mol. The SMILES string of the molecule is COc1c([N+](=O)[O-])ncc(CCl)c1OC(F)(F)F. The van der Waals surface area contributed by atoms with Crippen LogP contribution in [0.25, 0.3) is 0 Å². The molecule has 0 aliphatic rings. The molecule has 0 saturated carbocycles. The van der Waals surface area contributed by atoms with Crippen molar-refractivity contribution in [2.24, 2.45) is 0 Å². The first-order valence-electron chi connectivity index (χ1n) is 4.32. The van der Waals surface area contributed by atoms with E-state index in [-0.39, 0.29) is 11.4 Å². The van der Waals surface area contributed by atoms with Gasteiger partial charge in [-0.15, -0.1) is 24.8 Å². The number of halogens is 4. The molecule has 100 valence electrons. The minimum atomic E-state index is -5.02. The number of pyridine rings is 1. The standard InChI is InChI=1S/C8H6ClF3N2O4/c1-17-6-5(18-8(10,11)12)4(2-9)3-13-7(6)14(15)16/h3H,2H2,1H3. The van der Waals surface area contributed by atoms with Crippen LogP contribution in [0.15, 0.2) is 6.20 Å². The summed E-state index contributed by atoms with van der Waals surface area (Å²) in [4.78, 5) is 13.0. The molecule has 0 amide bonds. The van der Waals surface area contributed by atoms with E-state index >= 15 is 0 Å². The molecule has 0 atom stereocenters. The van der Waals surface area contributed by atoms with Crippen molar-refractivity contribution in [1.82, 2.24) is 4.98 Å². The van der Waals surface area contributed by atoms with Gasteiger partial charge in [0, 0.05) is 0 Å². The van der Waals surface area contributed by atoms with Gasteiger partial charge >= 0.3 is 12.2 Å². The predicted octanol–water partition coefficient (Wildman–Crippen LogP) is 2.64. The van der Waals surface area contributed by atoms with Crippen molar-refractivity contribution in [2.45, 2.75) is 12.2 Å². The molecule has 1 heterocycles. The third-order valence-corrected chi connectivity index (χ3v) is 2.07. The summed E-state index contributed by atoms with van der Waals surface area (Å²) in [5.74, 6) is -2.84. The molecule has 0 bridgehead atoms. The number of alkyl halides is 4. The van der Waals surface area contributed by atoms with E-state index in [1.54, 1.807) is 0 Å². The molecule has 0 N–H and O–H groups in total. The Kier molecular flexibility index (Phi) is 4.17. The van der Waals surface area contributed by atoms with Crippen LogP contribution in [-0.4, -0.2) is 23.4 Å². The van der Waals surface area contributed by atoms with E-state index in [1.165, 1.54) is 0 Å². The summed E-state index contributed by atoms with van der Waals surface area (Å²) in [6.07, 6.45) is -4.20. The normalized spacial score (nSPS) is 11.2. The second-order valence-electron chi connectivity index (χ2n) is 2.91. The zero-order valence-corrected chi connectivity index (χ0v) is 9.58. The average Bonchev–Trinajstić information content (AvgIpc) is 2.26. The van der Waals surface area contributed by atoms with Crippen molar-refractivity contribution in [1.29, 1.82) is 0 Å². The van der Waals surface area contributed by atoms with E-state index in [4.69, 9.17) is 11.6 Å². The Bertz CT molecular complexity index is 466. The van der Waals surface area contributed by atoms with E-state index in [0.717, 1.165) is 13.3 Å². The Morgan fingerprint density at radius 1 is 1.50 bits per heavy atom. The largest absolute Gasteiger partial charge is 0.573 e. The Morgan fingerprint density at radius 2 is 2.11 bits per heavy atom. The van der Waals surface area contributed by atoms with Gasteiger partial charge in [0.15, 0.2) is 5.75 Å². The van der Waals surface area contributed by atoms with Gasteiger partial charge in [0.1, 0.15) is 6.20 Å². The van der Waals surface area contributed by atoms with Crippen LogP contribution >= 0.6 is 11.6 Å². The van der Waals surface area contributed by atoms with Crippen molar-refractivity contribution in [3.05, 3.63) is 21.9 Å². The molecule has 0 fully saturated rings. The lowest BCUT2D eigenvalue weighted by atomic mass is 10.2. The van der Waals surface area contributed by atoms with Crippen LogP contribution in [0.1, 0.15) is 5.56 Å². The second-order valence-corrected chi connectivity index (χ2v) is 3.18. The second kappa shape index (κ2) is 5.25. The summed E-state index contributed by atoms with van der Waals surface area (Å²) in [7, 11) is 0.964. The first-order valence-corrected chi connectivity index (χ1v) is 4.85. The molecule has 0 aromatic carbocycles. The van der Waals surface area contributed by atoms with Gasteiger partial charge in [-0.1, -0.05) is 0 Å².